The van der Waals surface area contributed by atoms with Crippen molar-refractivity contribution in [2.75, 3.05) is 0 Å². The molecule has 7 nitrogen and oxygen atoms in total. The third kappa shape index (κ3) is 4.32. The van der Waals surface area contributed by atoms with Crippen molar-refractivity contribution in [1.29, 1.82) is 0 Å². The van der Waals surface area contributed by atoms with Gasteiger partial charge in [0.15, 0.2) is 0 Å². The fraction of sp³-hybridized carbons (Fsp3) is 0.150. The van der Waals surface area contributed by atoms with E-state index < -0.39 is 23.5 Å². The zero-order chi connectivity index (χ0) is 20.3. The maximum atomic E-state index is 12.7. The standard InChI is InChI=1S/C20H18ClN3O4/c1-12-5-2-3-8-15(12)16(11-19(26)27)22-20(28)17-10-18(25)24(23-17)14-7-4-6-13(21)9-14/h2-10,16,23H,11H2,1H3,(H,22,28)(H,26,27)/t16-/m0/s1. The number of hydrogen-bond donors (Lipinski definition) is 3. The van der Waals surface area contributed by atoms with Gasteiger partial charge in [-0.2, -0.15) is 0 Å². The van der Waals surface area contributed by atoms with Gasteiger partial charge in [0.05, 0.1) is 18.2 Å². The van der Waals surface area contributed by atoms with E-state index in [-0.39, 0.29) is 12.1 Å². The Morgan fingerprint density at radius 1 is 1.18 bits per heavy atom. The molecule has 0 radical (unpaired) electrons. The third-order valence-corrected chi connectivity index (χ3v) is 4.51. The Bertz CT molecular complexity index is 1090. The van der Waals surface area contributed by atoms with Crippen LogP contribution in [-0.2, 0) is 4.79 Å². The molecule has 0 fully saturated rings. The first kappa shape index (κ1) is 19.4. The van der Waals surface area contributed by atoms with Crippen LogP contribution in [0, 0.1) is 6.92 Å². The van der Waals surface area contributed by atoms with E-state index in [2.05, 4.69) is 10.4 Å². The molecular weight excluding hydrogens is 382 g/mol. The molecule has 3 rings (SSSR count). The summed E-state index contributed by atoms with van der Waals surface area (Å²) in [6.45, 7) is 1.84. The Hall–Kier alpha value is -3.32. The van der Waals surface area contributed by atoms with Crippen LogP contribution in [0.4, 0.5) is 0 Å². The number of benzene rings is 2. The van der Waals surface area contributed by atoms with Crippen molar-refractivity contribution >= 4 is 23.5 Å². The summed E-state index contributed by atoms with van der Waals surface area (Å²) in [5.41, 5.74) is 1.64. The van der Waals surface area contributed by atoms with Crippen molar-refractivity contribution in [3.05, 3.63) is 86.8 Å². The molecule has 1 heterocycles. The largest absolute Gasteiger partial charge is 0.481 e. The van der Waals surface area contributed by atoms with Crippen LogP contribution in [0.15, 0.2) is 59.4 Å². The van der Waals surface area contributed by atoms with E-state index in [4.69, 9.17) is 11.6 Å². The molecule has 2 aromatic carbocycles. The van der Waals surface area contributed by atoms with Crippen molar-refractivity contribution < 1.29 is 14.7 Å². The molecule has 0 unspecified atom stereocenters. The van der Waals surface area contributed by atoms with Gasteiger partial charge in [-0.1, -0.05) is 41.9 Å². The van der Waals surface area contributed by atoms with Gasteiger partial charge < -0.3 is 10.4 Å². The maximum absolute atomic E-state index is 12.7. The zero-order valence-corrected chi connectivity index (χ0v) is 15.7. The molecule has 1 amide bonds. The average molecular weight is 400 g/mol. The maximum Gasteiger partial charge on any atom is 0.305 e. The van der Waals surface area contributed by atoms with Crippen molar-refractivity contribution in [3.8, 4) is 5.69 Å². The van der Waals surface area contributed by atoms with Gasteiger partial charge in [-0.05, 0) is 36.2 Å². The predicted molar refractivity (Wildman–Crippen MR) is 105 cm³/mol. The number of nitrogens with one attached hydrogen (secondary N) is 2. The van der Waals surface area contributed by atoms with Crippen LogP contribution < -0.4 is 10.9 Å². The fourth-order valence-electron chi connectivity index (χ4n) is 2.95. The fourth-order valence-corrected chi connectivity index (χ4v) is 3.13. The highest BCUT2D eigenvalue weighted by molar-refractivity contribution is 6.30. The number of halogens is 1. The first-order valence-electron chi connectivity index (χ1n) is 8.51. The summed E-state index contributed by atoms with van der Waals surface area (Å²) >= 11 is 5.95. The predicted octanol–water partition coefficient (Wildman–Crippen LogP) is 3.07. The minimum absolute atomic E-state index is 0.0222. The van der Waals surface area contributed by atoms with Crippen LogP contribution in [0.25, 0.3) is 5.69 Å². The Morgan fingerprint density at radius 2 is 1.93 bits per heavy atom. The number of aromatic amines is 1. The number of carboxylic acid groups (broad SMARTS) is 1. The molecule has 0 aliphatic rings. The van der Waals surface area contributed by atoms with Crippen LogP contribution in [0.3, 0.4) is 0 Å². The number of hydrogen-bond acceptors (Lipinski definition) is 3. The number of amides is 1. The van der Waals surface area contributed by atoms with Gasteiger partial charge in [-0.3, -0.25) is 19.5 Å². The van der Waals surface area contributed by atoms with Crippen molar-refractivity contribution in [2.45, 2.75) is 19.4 Å². The Balaban J connectivity index is 1.89. The Kier molecular flexibility index (Phi) is 5.65. The summed E-state index contributed by atoms with van der Waals surface area (Å²) in [5, 5.41) is 15.1. The molecule has 144 valence electrons. The van der Waals surface area contributed by atoms with Crippen molar-refractivity contribution in [1.82, 2.24) is 15.1 Å². The lowest BCUT2D eigenvalue weighted by molar-refractivity contribution is -0.137. The van der Waals surface area contributed by atoms with Crippen LogP contribution in [0.5, 0.6) is 0 Å². The molecule has 1 aromatic heterocycles. The molecule has 1 atom stereocenters. The topological polar surface area (TPSA) is 104 Å². The second-order valence-electron chi connectivity index (χ2n) is 6.30. The second kappa shape index (κ2) is 8.14. The molecule has 28 heavy (non-hydrogen) atoms. The minimum Gasteiger partial charge on any atom is -0.481 e. The molecule has 0 aliphatic carbocycles. The van der Waals surface area contributed by atoms with Gasteiger partial charge in [0.25, 0.3) is 11.5 Å². The van der Waals surface area contributed by atoms with E-state index in [9.17, 15) is 19.5 Å². The summed E-state index contributed by atoms with van der Waals surface area (Å²) in [6.07, 6.45) is -0.282. The molecule has 0 bridgehead atoms. The highest BCUT2D eigenvalue weighted by Crippen LogP contribution is 2.21. The number of carbonyl (C=O) groups excluding carboxylic acids is 1. The number of rotatable bonds is 6. The van der Waals surface area contributed by atoms with Crippen LogP contribution in [-0.4, -0.2) is 26.8 Å². The van der Waals surface area contributed by atoms with Gasteiger partial charge in [0, 0.05) is 11.1 Å². The number of aromatic nitrogens is 2. The quantitative estimate of drug-likeness (QED) is 0.592. The summed E-state index contributed by atoms with van der Waals surface area (Å²) in [5.74, 6) is -1.62. The average Bonchev–Trinajstić information content (AvgIpc) is 3.03. The van der Waals surface area contributed by atoms with E-state index in [1.807, 2.05) is 19.1 Å². The van der Waals surface area contributed by atoms with Gasteiger partial charge >= 0.3 is 5.97 Å². The highest BCUT2D eigenvalue weighted by Gasteiger charge is 2.22. The number of nitrogens with zero attached hydrogens (tertiary/aromatic N) is 1. The monoisotopic (exact) mass is 399 g/mol. The normalized spacial score (nSPS) is 11.8. The van der Waals surface area contributed by atoms with Crippen molar-refractivity contribution in [3.63, 3.8) is 0 Å². The van der Waals surface area contributed by atoms with Gasteiger partial charge in [0.2, 0.25) is 0 Å². The lowest BCUT2D eigenvalue weighted by Gasteiger charge is -2.19. The van der Waals surface area contributed by atoms with Gasteiger partial charge in [-0.25, -0.2) is 4.68 Å². The van der Waals surface area contributed by atoms with E-state index in [1.54, 1.807) is 36.4 Å². The molecule has 0 saturated carbocycles. The molecule has 3 aromatic rings. The third-order valence-electron chi connectivity index (χ3n) is 4.28. The number of carbonyl (C=O) groups is 2. The zero-order valence-electron chi connectivity index (χ0n) is 15.0. The Morgan fingerprint density at radius 3 is 2.61 bits per heavy atom. The lowest BCUT2D eigenvalue weighted by Crippen LogP contribution is -2.31. The van der Waals surface area contributed by atoms with E-state index >= 15 is 0 Å². The molecular formula is C20H18ClN3O4. The molecule has 0 saturated heterocycles. The number of aliphatic carboxylic acids is 1. The molecule has 0 spiro atoms. The van der Waals surface area contributed by atoms with Gasteiger partial charge in [0.1, 0.15) is 5.69 Å². The first-order valence-corrected chi connectivity index (χ1v) is 8.89. The smallest absolute Gasteiger partial charge is 0.305 e. The SMILES string of the molecule is Cc1ccccc1[C@H](CC(=O)O)NC(=O)c1cc(=O)n(-c2cccc(Cl)c2)[nH]1. The number of H-pyrrole nitrogens is 1. The first-order chi connectivity index (χ1) is 13.3. The molecule has 3 N–H and O–H groups in total. The summed E-state index contributed by atoms with van der Waals surface area (Å²) < 4.78 is 1.20. The molecule has 0 aliphatic heterocycles. The number of aryl methyl sites for hydroxylation is 1. The number of carboxylic acids is 1. The van der Waals surface area contributed by atoms with E-state index in [0.29, 0.717) is 16.3 Å². The summed E-state index contributed by atoms with van der Waals surface area (Å²) in [6, 6.07) is 14.3. The summed E-state index contributed by atoms with van der Waals surface area (Å²) in [4.78, 5) is 36.2. The van der Waals surface area contributed by atoms with E-state index in [0.717, 1.165) is 11.6 Å². The van der Waals surface area contributed by atoms with Gasteiger partial charge in [-0.15, -0.1) is 0 Å². The minimum atomic E-state index is -1.04. The van der Waals surface area contributed by atoms with Crippen LogP contribution in [0.1, 0.15) is 34.1 Å². The molecule has 8 heteroatoms. The highest BCUT2D eigenvalue weighted by atomic mass is 35.5. The Labute approximate surface area is 165 Å². The van der Waals surface area contributed by atoms with Crippen LogP contribution >= 0.6 is 11.6 Å². The van der Waals surface area contributed by atoms with E-state index in [1.165, 1.54) is 4.68 Å². The lowest BCUT2D eigenvalue weighted by atomic mass is 9.98. The summed E-state index contributed by atoms with van der Waals surface area (Å²) in [7, 11) is 0. The second-order valence-corrected chi connectivity index (χ2v) is 6.74. The van der Waals surface area contributed by atoms with Crippen molar-refractivity contribution in [2.24, 2.45) is 0 Å². The van der Waals surface area contributed by atoms with Crippen LogP contribution in [0.2, 0.25) is 5.02 Å².